The van der Waals surface area contributed by atoms with Crippen LogP contribution in [0.25, 0.3) is 10.1 Å². The molecule has 140 valence electrons. The maximum atomic E-state index is 12.0. The molecule has 1 aromatic heterocycles. The van der Waals surface area contributed by atoms with Crippen LogP contribution in [-0.2, 0) is 4.79 Å². The van der Waals surface area contributed by atoms with Crippen molar-refractivity contribution >= 4 is 39.0 Å². The van der Waals surface area contributed by atoms with Gasteiger partial charge in [-0.2, -0.15) is 0 Å². The van der Waals surface area contributed by atoms with Crippen molar-refractivity contribution in [3.8, 4) is 0 Å². The monoisotopic (exact) mass is 382 g/mol. The second-order valence-electron chi connectivity index (χ2n) is 5.92. The summed E-state index contributed by atoms with van der Waals surface area (Å²) in [7, 11) is 1.62. The number of para-hydroxylation sites is 1. The number of aliphatic imine (C=N–C) groups is 1. The number of benzene rings is 2. The summed E-state index contributed by atoms with van der Waals surface area (Å²) < 4.78 is 1.15. The van der Waals surface area contributed by atoms with Gasteiger partial charge in [-0.3, -0.25) is 9.79 Å². The minimum atomic E-state index is -0.654. The Morgan fingerprint density at radius 2 is 1.85 bits per heavy atom. The predicted molar refractivity (Wildman–Crippen MR) is 111 cm³/mol. The number of fused-ring (bicyclic) bond motifs is 1. The molecule has 0 spiro atoms. The number of amides is 1. The Morgan fingerprint density at radius 3 is 2.59 bits per heavy atom. The Labute approximate surface area is 162 Å². The third kappa shape index (κ3) is 5.29. The quantitative estimate of drug-likeness (QED) is 0.390. The van der Waals surface area contributed by atoms with Crippen LogP contribution in [0.4, 0.5) is 5.69 Å². The summed E-state index contributed by atoms with van der Waals surface area (Å²) in [6.07, 6.45) is -0.654. The van der Waals surface area contributed by atoms with Gasteiger partial charge in [-0.1, -0.05) is 36.4 Å². The third-order valence-electron chi connectivity index (χ3n) is 3.93. The molecule has 2 aromatic carbocycles. The molecule has 27 heavy (non-hydrogen) atoms. The number of rotatable bonds is 6. The second-order valence-corrected chi connectivity index (χ2v) is 7.04. The zero-order valence-corrected chi connectivity index (χ0v) is 15.8. The number of aliphatic hydroxyl groups excluding tert-OH is 1. The predicted octanol–water partition coefficient (Wildman–Crippen LogP) is 2.74. The SMILES string of the molecule is CN=C(NCC(=O)Nc1ccccc1)NCC(O)c1cc2ccccc2s1. The Hall–Kier alpha value is -2.90. The Balaban J connectivity index is 1.47. The van der Waals surface area contributed by atoms with E-state index in [1.54, 1.807) is 18.4 Å². The van der Waals surface area contributed by atoms with Gasteiger partial charge in [0.2, 0.25) is 5.91 Å². The summed E-state index contributed by atoms with van der Waals surface area (Å²) in [5, 5.41) is 20.3. The first-order valence-corrected chi connectivity index (χ1v) is 9.43. The Morgan fingerprint density at radius 1 is 1.11 bits per heavy atom. The molecule has 1 atom stereocenters. The number of carbonyl (C=O) groups excluding carboxylic acids is 1. The van der Waals surface area contributed by atoms with Gasteiger partial charge in [0.15, 0.2) is 5.96 Å². The summed E-state index contributed by atoms with van der Waals surface area (Å²) in [4.78, 5) is 17.0. The van der Waals surface area contributed by atoms with Gasteiger partial charge in [-0.25, -0.2) is 0 Å². The fourth-order valence-electron chi connectivity index (χ4n) is 2.57. The van der Waals surface area contributed by atoms with Crippen LogP contribution in [0.15, 0.2) is 65.7 Å². The van der Waals surface area contributed by atoms with E-state index in [1.165, 1.54) is 0 Å². The number of nitrogens with zero attached hydrogens (tertiary/aromatic N) is 1. The van der Waals surface area contributed by atoms with Gasteiger partial charge in [-0.05, 0) is 29.7 Å². The fourth-order valence-corrected chi connectivity index (χ4v) is 3.62. The fraction of sp³-hybridized carbons (Fsp3) is 0.200. The first-order chi connectivity index (χ1) is 13.2. The van der Waals surface area contributed by atoms with Crippen molar-refractivity contribution in [2.75, 3.05) is 25.5 Å². The normalized spacial score (nSPS) is 12.6. The maximum absolute atomic E-state index is 12.0. The topological polar surface area (TPSA) is 85.8 Å². The lowest BCUT2D eigenvalue weighted by Gasteiger charge is -2.14. The van der Waals surface area contributed by atoms with Crippen LogP contribution in [0, 0.1) is 0 Å². The Kier molecular flexibility index (Phi) is 6.40. The van der Waals surface area contributed by atoms with Crippen LogP contribution in [0.5, 0.6) is 0 Å². The maximum Gasteiger partial charge on any atom is 0.243 e. The highest BCUT2D eigenvalue weighted by atomic mass is 32.1. The van der Waals surface area contributed by atoms with Crippen LogP contribution in [0.3, 0.4) is 0 Å². The van der Waals surface area contributed by atoms with Crippen molar-refractivity contribution < 1.29 is 9.90 Å². The number of hydrogen-bond acceptors (Lipinski definition) is 4. The van der Waals surface area contributed by atoms with Crippen molar-refractivity contribution in [1.29, 1.82) is 0 Å². The average molecular weight is 382 g/mol. The molecule has 3 rings (SSSR count). The number of anilines is 1. The minimum absolute atomic E-state index is 0.0769. The summed E-state index contributed by atoms with van der Waals surface area (Å²) in [6, 6.07) is 19.3. The molecule has 0 saturated heterocycles. The molecule has 3 aromatic rings. The van der Waals surface area contributed by atoms with Crippen LogP contribution in [0.2, 0.25) is 0 Å². The number of guanidine groups is 1. The third-order valence-corrected chi connectivity index (χ3v) is 5.15. The largest absolute Gasteiger partial charge is 0.386 e. The number of thiophene rings is 1. The zero-order chi connectivity index (χ0) is 19.1. The van der Waals surface area contributed by atoms with E-state index < -0.39 is 6.10 Å². The lowest BCUT2D eigenvalue weighted by molar-refractivity contribution is -0.115. The van der Waals surface area contributed by atoms with Gasteiger partial charge in [0.05, 0.1) is 6.54 Å². The van der Waals surface area contributed by atoms with Gasteiger partial charge in [0.25, 0.3) is 0 Å². The molecule has 1 unspecified atom stereocenters. The highest BCUT2D eigenvalue weighted by molar-refractivity contribution is 7.19. The summed E-state index contributed by atoms with van der Waals surface area (Å²) in [5.41, 5.74) is 0.743. The molecule has 0 bridgehead atoms. The van der Waals surface area contributed by atoms with Crippen LogP contribution in [-0.4, -0.2) is 37.1 Å². The molecular formula is C20H22N4O2S. The average Bonchev–Trinajstić information content (AvgIpc) is 3.13. The van der Waals surface area contributed by atoms with E-state index in [4.69, 9.17) is 0 Å². The molecule has 7 heteroatoms. The molecule has 6 nitrogen and oxygen atoms in total. The van der Waals surface area contributed by atoms with Crippen LogP contribution in [0.1, 0.15) is 11.0 Å². The smallest absolute Gasteiger partial charge is 0.243 e. The number of hydrogen-bond donors (Lipinski definition) is 4. The minimum Gasteiger partial charge on any atom is -0.386 e. The molecule has 0 radical (unpaired) electrons. The number of aliphatic hydroxyl groups is 1. The van der Waals surface area contributed by atoms with E-state index in [2.05, 4.69) is 20.9 Å². The molecule has 0 aliphatic carbocycles. The summed E-state index contributed by atoms with van der Waals surface area (Å²) in [5.74, 6) is 0.285. The zero-order valence-electron chi connectivity index (χ0n) is 15.0. The van der Waals surface area contributed by atoms with Gasteiger partial charge in [0, 0.05) is 28.9 Å². The number of carbonyl (C=O) groups is 1. The standard InChI is InChI=1S/C20H22N4O2S/c1-21-20(23-13-19(26)24-15-8-3-2-4-9-15)22-12-16(25)18-11-14-7-5-6-10-17(14)27-18/h2-11,16,25H,12-13H2,1H3,(H,24,26)(H2,21,22,23). The van der Waals surface area contributed by atoms with E-state index in [9.17, 15) is 9.90 Å². The highest BCUT2D eigenvalue weighted by Crippen LogP contribution is 2.29. The molecule has 1 heterocycles. The Bertz CT molecular complexity index is 891. The van der Waals surface area contributed by atoms with Crippen molar-refractivity contribution in [2.45, 2.75) is 6.10 Å². The lowest BCUT2D eigenvalue weighted by atomic mass is 10.2. The molecule has 0 saturated carbocycles. The van der Waals surface area contributed by atoms with E-state index in [-0.39, 0.29) is 12.5 Å². The molecule has 0 fully saturated rings. The molecule has 4 N–H and O–H groups in total. The van der Waals surface area contributed by atoms with Gasteiger partial charge >= 0.3 is 0 Å². The van der Waals surface area contributed by atoms with Crippen molar-refractivity contribution in [3.05, 3.63) is 65.5 Å². The van der Waals surface area contributed by atoms with Crippen molar-refractivity contribution in [1.82, 2.24) is 10.6 Å². The first-order valence-electron chi connectivity index (χ1n) is 8.61. The van der Waals surface area contributed by atoms with Crippen molar-refractivity contribution in [2.24, 2.45) is 4.99 Å². The van der Waals surface area contributed by atoms with E-state index >= 15 is 0 Å². The van der Waals surface area contributed by atoms with E-state index in [0.717, 1.165) is 20.7 Å². The molecule has 0 aliphatic rings. The van der Waals surface area contributed by atoms with Gasteiger partial charge < -0.3 is 21.1 Å². The highest BCUT2D eigenvalue weighted by Gasteiger charge is 2.12. The van der Waals surface area contributed by atoms with E-state index in [0.29, 0.717) is 12.5 Å². The first kappa shape index (κ1) is 18.9. The summed E-state index contributed by atoms with van der Waals surface area (Å²) in [6.45, 7) is 0.375. The second kappa shape index (κ2) is 9.16. The van der Waals surface area contributed by atoms with Gasteiger partial charge in [-0.15, -0.1) is 11.3 Å². The lowest BCUT2D eigenvalue weighted by Crippen LogP contribution is -2.42. The van der Waals surface area contributed by atoms with Gasteiger partial charge in [0.1, 0.15) is 6.10 Å². The van der Waals surface area contributed by atoms with Crippen molar-refractivity contribution in [3.63, 3.8) is 0 Å². The number of nitrogens with one attached hydrogen (secondary N) is 3. The summed E-state index contributed by atoms with van der Waals surface area (Å²) >= 11 is 1.57. The molecular weight excluding hydrogens is 360 g/mol. The van der Waals surface area contributed by atoms with E-state index in [1.807, 2.05) is 60.7 Å². The van der Waals surface area contributed by atoms with Crippen LogP contribution < -0.4 is 16.0 Å². The van der Waals surface area contributed by atoms with Crippen LogP contribution >= 0.6 is 11.3 Å². The molecule has 1 amide bonds. The molecule has 0 aliphatic heterocycles.